The van der Waals surface area contributed by atoms with Crippen LogP contribution in [0.25, 0.3) is 0 Å². The van der Waals surface area contributed by atoms with Crippen LogP contribution in [0.4, 0.5) is 5.69 Å². The van der Waals surface area contributed by atoms with E-state index in [9.17, 15) is 13.2 Å². The monoisotopic (exact) mass is 262 g/mol. The summed E-state index contributed by atoms with van der Waals surface area (Å²) in [6.07, 6.45) is 0. The number of hydrogen-bond donors (Lipinski definition) is 4. The Kier molecular flexibility index (Phi) is 5.59. The second kappa shape index (κ2) is 6.18. The molecule has 0 spiro atoms. The molecule has 0 aliphatic rings. The zero-order chi connectivity index (χ0) is 13.6. The molecule has 17 heavy (non-hydrogen) atoms. The van der Waals surface area contributed by atoms with Crippen molar-refractivity contribution in [3.63, 3.8) is 0 Å². The molecule has 0 amide bonds. The number of benzene rings is 1. The number of carbonyl (C=O) groups is 1. The first-order valence-corrected chi connectivity index (χ1v) is 5.90. The van der Waals surface area contributed by atoms with Crippen LogP contribution in [0.15, 0.2) is 29.2 Å². The number of rotatable bonds is 2. The van der Waals surface area contributed by atoms with E-state index in [0.29, 0.717) is 5.69 Å². The van der Waals surface area contributed by atoms with E-state index in [1.807, 2.05) is 0 Å². The number of anilines is 1. The van der Waals surface area contributed by atoms with Crippen molar-refractivity contribution < 1.29 is 22.9 Å². The van der Waals surface area contributed by atoms with E-state index < -0.39 is 22.1 Å². The fraction of sp³-hybridized carbons (Fsp3) is 0.222. The summed E-state index contributed by atoms with van der Waals surface area (Å²) in [5.74, 6) is -0.963. The van der Waals surface area contributed by atoms with Gasteiger partial charge in [0, 0.05) is 5.69 Å². The summed E-state index contributed by atoms with van der Waals surface area (Å²) >= 11 is 0. The van der Waals surface area contributed by atoms with Crippen LogP contribution in [0, 0.1) is 0 Å². The third kappa shape index (κ3) is 6.51. The van der Waals surface area contributed by atoms with Gasteiger partial charge in [0.2, 0.25) is 0 Å². The van der Waals surface area contributed by atoms with Gasteiger partial charge in [-0.05, 0) is 31.2 Å². The molecular weight excluding hydrogens is 248 g/mol. The average Bonchev–Trinajstić information content (AvgIpc) is 2.17. The largest absolute Gasteiger partial charge is 0.480 e. The van der Waals surface area contributed by atoms with Gasteiger partial charge in [-0.2, -0.15) is 8.42 Å². The van der Waals surface area contributed by atoms with Crippen LogP contribution in [0.1, 0.15) is 6.92 Å². The minimum Gasteiger partial charge on any atom is -0.480 e. The highest BCUT2D eigenvalue weighted by molar-refractivity contribution is 7.85. The quantitative estimate of drug-likeness (QED) is 0.431. The lowest BCUT2D eigenvalue weighted by molar-refractivity contribution is -0.138. The van der Waals surface area contributed by atoms with Crippen LogP contribution in [-0.2, 0) is 14.9 Å². The summed E-state index contributed by atoms with van der Waals surface area (Å²) in [6.45, 7) is 1.42. The van der Waals surface area contributed by atoms with E-state index in [2.05, 4.69) is 0 Å². The van der Waals surface area contributed by atoms with Crippen molar-refractivity contribution in [1.29, 1.82) is 0 Å². The van der Waals surface area contributed by atoms with Crippen LogP contribution < -0.4 is 11.5 Å². The fourth-order valence-electron chi connectivity index (χ4n) is 0.640. The summed E-state index contributed by atoms with van der Waals surface area (Å²) < 4.78 is 29.4. The first kappa shape index (κ1) is 15.4. The van der Waals surface area contributed by atoms with E-state index in [1.165, 1.54) is 31.2 Å². The first-order chi connectivity index (χ1) is 7.64. The van der Waals surface area contributed by atoms with Crippen LogP contribution >= 0.6 is 0 Å². The van der Waals surface area contributed by atoms with Crippen molar-refractivity contribution in [2.24, 2.45) is 5.73 Å². The molecule has 0 heterocycles. The highest BCUT2D eigenvalue weighted by atomic mass is 32.2. The molecule has 0 aromatic heterocycles. The van der Waals surface area contributed by atoms with Crippen molar-refractivity contribution in [2.45, 2.75) is 17.9 Å². The van der Waals surface area contributed by atoms with Gasteiger partial charge in [-0.15, -0.1) is 0 Å². The van der Waals surface area contributed by atoms with Crippen LogP contribution in [0.2, 0.25) is 0 Å². The number of aliphatic carboxylic acids is 1. The smallest absolute Gasteiger partial charge is 0.320 e. The molecule has 1 aromatic carbocycles. The molecule has 1 atom stereocenters. The lowest BCUT2D eigenvalue weighted by Crippen LogP contribution is -2.25. The minimum absolute atomic E-state index is 0.147. The summed E-state index contributed by atoms with van der Waals surface area (Å²) in [5.41, 5.74) is 10.6. The van der Waals surface area contributed by atoms with Gasteiger partial charge >= 0.3 is 5.97 Å². The Labute approximate surface area is 98.8 Å². The highest BCUT2D eigenvalue weighted by Gasteiger charge is 2.06. The Morgan fingerprint density at radius 1 is 1.29 bits per heavy atom. The summed E-state index contributed by atoms with van der Waals surface area (Å²) in [6, 6.07) is 4.56. The lowest BCUT2D eigenvalue weighted by Gasteiger charge is -1.95. The zero-order valence-corrected chi connectivity index (χ0v) is 9.89. The van der Waals surface area contributed by atoms with Crippen LogP contribution in [0.5, 0.6) is 0 Å². The molecule has 6 N–H and O–H groups in total. The molecule has 1 rings (SSSR count). The topological polar surface area (TPSA) is 144 Å². The highest BCUT2D eigenvalue weighted by Crippen LogP contribution is 2.10. The fourth-order valence-corrected chi connectivity index (χ4v) is 1.12. The summed E-state index contributed by atoms with van der Waals surface area (Å²) in [5, 5.41) is 7.87. The molecule has 1 aromatic rings. The van der Waals surface area contributed by atoms with E-state index in [4.69, 9.17) is 21.1 Å². The van der Waals surface area contributed by atoms with E-state index in [0.717, 1.165) is 0 Å². The number of hydrogen-bond acceptors (Lipinski definition) is 5. The van der Waals surface area contributed by atoms with Gasteiger partial charge < -0.3 is 16.6 Å². The van der Waals surface area contributed by atoms with Crippen molar-refractivity contribution >= 4 is 21.8 Å². The third-order valence-corrected chi connectivity index (χ3v) is 2.44. The van der Waals surface area contributed by atoms with Crippen molar-refractivity contribution in [1.82, 2.24) is 0 Å². The molecule has 0 fully saturated rings. The van der Waals surface area contributed by atoms with Crippen LogP contribution in [0.3, 0.4) is 0 Å². The van der Waals surface area contributed by atoms with E-state index in [-0.39, 0.29) is 4.90 Å². The molecule has 0 aliphatic carbocycles. The second-order valence-electron chi connectivity index (χ2n) is 3.17. The average molecular weight is 262 g/mol. The van der Waals surface area contributed by atoms with Gasteiger partial charge in [-0.25, -0.2) is 0 Å². The molecule has 7 nitrogen and oxygen atoms in total. The maximum absolute atomic E-state index is 10.5. The number of nitrogens with two attached hydrogens (primary N) is 2. The summed E-state index contributed by atoms with van der Waals surface area (Å²) in [4.78, 5) is 9.43. The van der Waals surface area contributed by atoms with Crippen molar-refractivity contribution in [3.8, 4) is 0 Å². The molecule has 0 aliphatic heterocycles. The van der Waals surface area contributed by atoms with Crippen molar-refractivity contribution in [2.75, 3.05) is 5.73 Å². The Bertz CT molecular complexity index is 467. The third-order valence-electron chi connectivity index (χ3n) is 1.57. The first-order valence-electron chi connectivity index (χ1n) is 4.46. The normalized spacial score (nSPS) is 12.2. The Balaban J connectivity index is 0.000000366. The SMILES string of the molecule is CC(N)C(=O)O.Nc1ccc(S(=O)(=O)O)cc1. The Morgan fingerprint density at radius 2 is 1.65 bits per heavy atom. The summed E-state index contributed by atoms with van der Waals surface area (Å²) in [7, 11) is -4.08. The van der Waals surface area contributed by atoms with E-state index >= 15 is 0 Å². The van der Waals surface area contributed by atoms with Crippen molar-refractivity contribution in [3.05, 3.63) is 24.3 Å². The van der Waals surface area contributed by atoms with Crippen LogP contribution in [-0.4, -0.2) is 30.1 Å². The van der Waals surface area contributed by atoms with Gasteiger partial charge in [-0.1, -0.05) is 0 Å². The molecule has 0 saturated heterocycles. The number of carboxylic acid groups (broad SMARTS) is 1. The molecule has 8 heteroatoms. The molecule has 96 valence electrons. The molecule has 1 unspecified atom stereocenters. The van der Waals surface area contributed by atoms with Gasteiger partial charge in [0.1, 0.15) is 6.04 Å². The second-order valence-corrected chi connectivity index (χ2v) is 4.59. The number of nitrogen functional groups attached to an aromatic ring is 1. The minimum atomic E-state index is -4.08. The maximum Gasteiger partial charge on any atom is 0.320 e. The zero-order valence-electron chi connectivity index (χ0n) is 9.07. The predicted molar refractivity (Wildman–Crippen MR) is 62.0 cm³/mol. The predicted octanol–water partition coefficient (Wildman–Crippen LogP) is -0.0663. The number of carboxylic acids is 1. The standard InChI is InChI=1S/C6H7NO3S.C3H7NO2/c7-5-1-3-6(4-2-5)11(8,9)10;1-2(4)3(5)6/h1-4H,7H2,(H,8,9,10);2H,4H2,1H3,(H,5,6). The Morgan fingerprint density at radius 3 is 1.88 bits per heavy atom. The molecule has 0 saturated carbocycles. The molecular formula is C9H14N2O5S. The van der Waals surface area contributed by atoms with E-state index in [1.54, 1.807) is 0 Å². The maximum atomic E-state index is 10.5. The van der Waals surface area contributed by atoms with Gasteiger partial charge in [0.15, 0.2) is 0 Å². The van der Waals surface area contributed by atoms with Gasteiger partial charge in [0.05, 0.1) is 4.90 Å². The lowest BCUT2D eigenvalue weighted by atomic mass is 10.3. The van der Waals surface area contributed by atoms with Gasteiger partial charge in [-0.3, -0.25) is 9.35 Å². The Hall–Kier alpha value is -1.64. The van der Waals surface area contributed by atoms with Gasteiger partial charge in [0.25, 0.3) is 10.1 Å². The molecule has 0 radical (unpaired) electrons. The molecule has 0 bridgehead atoms.